The van der Waals surface area contributed by atoms with Crippen LogP contribution in [0.2, 0.25) is 0 Å². The Bertz CT molecular complexity index is 395. The molecule has 1 aromatic rings. The van der Waals surface area contributed by atoms with Gasteiger partial charge in [-0.05, 0) is 18.6 Å². The van der Waals surface area contributed by atoms with Crippen LogP contribution in [0.5, 0.6) is 0 Å². The number of methoxy groups -OCH3 is 1. The van der Waals surface area contributed by atoms with E-state index in [1.165, 1.54) is 19.5 Å². The number of hydrogen-bond acceptors (Lipinski definition) is 5. The summed E-state index contributed by atoms with van der Waals surface area (Å²) in [5.41, 5.74) is 5.63. The van der Waals surface area contributed by atoms with Gasteiger partial charge < -0.3 is 4.74 Å². The molecular formula is C12H17N3O3. The summed E-state index contributed by atoms with van der Waals surface area (Å²) >= 11 is 0. The highest BCUT2D eigenvalue weighted by molar-refractivity contribution is 5.93. The van der Waals surface area contributed by atoms with Crippen molar-refractivity contribution in [2.24, 2.45) is 0 Å². The zero-order valence-corrected chi connectivity index (χ0v) is 10.5. The van der Waals surface area contributed by atoms with Crippen LogP contribution in [0.3, 0.4) is 0 Å². The van der Waals surface area contributed by atoms with E-state index < -0.39 is 12.0 Å². The molecule has 0 bridgehead atoms. The summed E-state index contributed by atoms with van der Waals surface area (Å²) < 4.78 is 4.64. The van der Waals surface area contributed by atoms with Crippen LogP contribution < -0.4 is 10.9 Å². The monoisotopic (exact) mass is 251 g/mol. The Morgan fingerprint density at radius 1 is 1.39 bits per heavy atom. The highest BCUT2D eigenvalue weighted by Crippen LogP contribution is 1.99. The Labute approximate surface area is 106 Å². The molecule has 0 spiro atoms. The number of pyridine rings is 1. The van der Waals surface area contributed by atoms with Crippen molar-refractivity contribution in [3.05, 3.63) is 30.1 Å². The van der Waals surface area contributed by atoms with Crippen molar-refractivity contribution in [1.29, 1.82) is 0 Å². The third-order valence-corrected chi connectivity index (χ3v) is 2.37. The number of carbonyl (C=O) groups is 2. The summed E-state index contributed by atoms with van der Waals surface area (Å²) in [5.74, 6) is -0.714. The van der Waals surface area contributed by atoms with Crippen LogP contribution in [-0.4, -0.2) is 30.0 Å². The number of hydrazine groups is 1. The minimum absolute atomic E-state index is 0.317. The van der Waals surface area contributed by atoms with Gasteiger partial charge in [0.15, 0.2) is 0 Å². The highest BCUT2D eigenvalue weighted by atomic mass is 16.5. The van der Waals surface area contributed by atoms with Crippen molar-refractivity contribution in [3.8, 4) is 0 Å². The number of carbonyl (C=O) groups excluding carboxylic acids is 2. The summed E-state index contributed by atoms with van der Waals surface area (Å²) in [4.78, 5) is 26.9. The first kappa shape index (κ1) is 14.1. The largest absolute Gasteiger partial charge is 0.468 e. The molecule has 0 fully saturated rings. The second-order valence-corrected chi connectivity index (χ2v) is 3.70. The minimum atomic E-state index is -0.536. The van der Waals surface area contributed by atoms with Crippen LogP contribution in [0.4, 0.5) is 0 Å². The molecule has 1 heterocycles. The van der Waals surface area contributed by atoms with Crippen LogP contribution in [0.25, 0.3) is 0 Å². The maximum atomic E-state index is 11.7. The lowest BCUT2D eigenvalue weighted by atomic mass is 10.2. The predicted molar refractivity (Wildman–Crippen MR) is 65.6 cm³/mol. The molecular weight excluding hydrogens is 234 g/mol. The Balaban J connectivity index is 2.52. The van der Waals surface area contributed by atoms with Crippen LogP contribution in [0.1, 0.15) is 30.1 Å². The van der Waals surface area contributed by atoms with Gasteiger partial charge in [0, 0.05) is 18.0 Å². The molecule has 0 unspecified atom stereocenters. The van der Waals surface area contributed by atoms with Crippen LogP contribution in [-0.2, 0) is 9.53 Å². The van der Waals surface area contributed by atoms with E-state index in [0.29, 0.717) is 12.0 Å². The first-order valence-corrected chi connectivity index (χ1v) is 5.72. The average molecular weight is 251 g/mol. The van der Waals surface area contributed by atoms with E-state index in [1.807, 2.05) is 6.92 Å². The van der Waals surface area contributed by atoms with E-state index in [9.17, 15) is 9.59 Å². The average Bonchev–Trinajstić information content (AvgIpc) is 2.43. The fraction of sp³-hybridized carbons (Fsp3) is 0.417. The molecule has 0 aliphatic carbocycles. The van der Waals surface area contributed by atoms with E-state index in [1.54, 1.807) is 12.1 Å². The molecule has 0 aromatic carbocycles. The molecule has 98 valence electrons. The van der Waals surface area contributed by atoms with E-state index >= 15 is 0 Å². The van der Waals surface area contributed by atoms with Crippen molar-refractivity contribution in [3.63, 3.8) is 0 Å². The molecule has 0 saturated heterocycles. The maximum absolute atomic E-state index is 11.7. The van der Waals surface area contributed by atoms with Crippen molar-refractivity contribution in [1.82, 2.24) is 15.8 Å². The number of hydrogen-bond donors (Lipinski definition) is 2. The molecule has 6 nitrogen and oxygen atoms in total. The van der Waals surface area contributed by atoms with Crippen molar-refractivity contribution >= 4 is 11.9 Å². The number of ether oxygens (including phenoxy) is 1. The zero-order chi connectivity index (χ0) is 13.4. The lowest BCUT2D eigenvalue weighted by Gasteiger charge is -2.16. The standard InChI is InChI=1S/C12H17N3O3/c1-3-4-10(12(17)18-2)14-15-11(16)9-5-7-13-8-6-9/h5-8,10,14H,3-4H2,1-2H3,(H,15,16)/t10-/m1/s1. The van der Waals surface area contributed by atoms with Gasteiger partial charge in [-0.1, -0.05) is 13.3 Å². The van der Waals surface area contributed by atoms with Crippen LogP contribution in [0, 0.1) is 0 Å². The maximum Gasteiger partial charge on any atom is 0.324 e. The highest BCUT2D eigenvalue weighted by Gasteiger charge is 2.18. The molecule has 0 saturated carbocycles. The fourth-order valence-electron chi connectivity index (χ4n) is 1.41. The number of esters is 1. The number of nitrogens with one attached hydrogen (secondary N) is 2. The van der Waals surface area contributed by atoms with Gasteiger partial charge in [0.25, 0.3) is 5.91 Å². The molecule has 1 amide bonds. The molecule has 18 heavy (non-hydrogen) atoms. The Morgan fingerprint density at radius 3 is 2.61 bits per heavy atom. The Kier molecular flexibility index (Phi) is 5.79. The van der Waals surface area contributed by atoms with Crippen LogP contribution in [0.15, 0.2) is 24.5 Å². The molecule has 1 rings (SSSR count). The number of nitrogens with zero attached hydrogens (tertiary/aromatic N) is 1. The topological polar surface area (TPSA) is 80.3 Å². The first-order chi connectivity index (χ1) is 8.69. The molecule has 2 N–H and O–H groups in total. The fourth-order valence-corrected chi connectivity index (χ4v) is 1.41. The summed E-state index contributed by atoms with van der Waals surface area (Å²) in [5, 5.41) is 0. The van der Waals surface area contributed by atoms with Gasteiger partial charge in [-0.2, -0.15) is 0 Å². The molecule has 0 aliphatic heterocycles. The lowest BCUT2D eigenvalue weighted by molar-refractivity contribution is -0.143. The molecule has 0 radical (unpaired) electrons. The number of rotatable bonds is 6. The van der Waals surface area contributed by atoms with Crippen molar-refractivity contribution < 1.29 is 14.3 Å². The first-order valence-electron chi connectivity index (χ1n) is 5.72. The predicted octanol–water partition coefficient (Wildman–Crippen LogP) is 0.658. The van der Waals surface area contributed by atoms with Gasteiger partial charge >= 0.3 is 5.97 Å². The smallest absolute Gasteiger partial charge is 0.324 e. The van der Waals surface area contributed by atoms with Crippen molar-refractivity contribution in [2.45, 2.75) is 25.8 Å². The molecule has 6 heteroatoms. The van der Waals surface area contributed by atoms with Gasteiger partial charge in [-0.25, -0.2) is 5.43 Å². The van der Waals surface area contributed by atoms with Gasteiger partial charge in [0.05, 0.1) is 7.11 Å². The number of amides is 1. The van der Waals surface area contributed by atoms with Crippen LogP contribution >= 0.6 is 0 Å². The quantitative estimate of drug-likeness (QED) is 0.573. The lowest BCUT2D eigenvalue weighted by Crippen LogP contribution is -2.48. The SMILES string of the molecule is CCC[C@@H](NNC(=O)c1ccncc1)C(=O)OC. The molecule has 1 aromatic heterocycles. The van der Waals surface area contributed by atoms with E-state index in [2.05, 4.69) is 20.6 Å². The summed E-state index contributed by atoms with van der Waals surface area (Å²) in [6, 6.07) is 2.64. The van der Waals surface area contributed by atoms with Gasteiger partial charge in [-0.3, -0.25) is 20.0 Å². The zero-order valence-electron chi connectivity index (χ0n) is 10.5. The summed E-state index contributed by atoms with van der Waals surface area (Å²) in [7, 11) is 1.32. The van der Waals surface area contributed by atoms with Gasteiger partial charge in [-0.15, -0.1) is 0 Å². The summed E-state index contributed by atoms with van der Waals surface area (Å²) in [6.45, 7) is 1.95. The van der Waals surface area contributed by atoms with E-state index in [-0.39, 0.29) is 5.91 Å². The third-order valence-electron chi connectivity index (χ3n) is 2.37. The Morgan fingerprint density at radius 2 is 2.06 bits per heavy atom. The number of aromatic nitrogens is 1. The Hall–Kier alpha value is -1.95. The van der Waals surface area contributed by atoms with E-state index in [0.717, 1.165) is 6.42 Å². The van der Waals surface area contributed by atoms with Gasteiger partial charge in [0.2, 0.25) is 0 Å². The molecule has 0 aliphatic rings. The van der Waals surface area contributed by atoms with Gasteiger partial charge in [0.1, 0.15) is 6.04 Å². The second kappa shape index (κ2) is 7.39. The molecule has 1 atom stereocenters. The normalized spacial score (nSPS) is 11.7. The van der Waals surface area contributed by atoms with Crippen molar-refractivity contribution in [2.75, 3.05) is 7.11 Å². The third kappa shape index (κ3) is 4.14. The summed E-state index contributed by atoms with van der Waals surface area (Å²) in [6.07, 6.45) is 4.44. The van der Waals surface area contributed by atoms with E-state index in [4.69, 9.17) is 0 Å². The second-order valence-electron chi connectivity index (χ2n) is 3.70. The minimum Gasteiger partial charge on any atom is -0.468 e.